The number of rotatable bonds is 4. The van der Waals surface area contributed by atoms with Gasteiger partial charge in [-0.1, -0.05) is 19.4 Å². The van der Waals surface area contributed by atoms with Crippen molar-refractivity contribution >= 4 is 21.1 Å². The maximum Gasteiger partial charge on any atom is 0.245 e. The smallest absolute Gasteiger partial charge is 0.245 e. The summed E-state index contributed by atoms with van der Waals surface area (Å²) in [6, 6.07) is 4.95. The minimum atomic E-state index is -3.60. The Morgan fingerprint density at radius 3 is 2.82 bits per heavy atom. The molecule has 1 aliphatic heterocycles. The van der Waals surface area contributed by atoms with E-state index in [1.807, 2.05) is 0 Å². The van der Waals surface area contributed by atoms with Gasteiger partial charge in [-0.15, -0.1) is 0 Å². The van der Waals surface area contributed by atoms with E-state index < -0.39 is 10.0 Å². The van der Waals surface area contributed by atoms with Crippen LogP contribution in [0.1, 0.15) is 19.8 Å². The summed E-state index contributed by atoms with van der Waals surface area (Å²) in [6.07, 6.45) is 1.95. The largest absolute Gasteiger partial charge is 0.326 e. The second-order valence-corrected chi connectivity index (χ2v) is 7.75. The van der Waals surface area contributed by atoms with Gasteiger partial charge in [0.1, 0.15) is 15.9 Å². The Bertz CT molecular complexity index is 786. The molecular weight excluding hydrogens is 302 g/mol. The van der Waals surface area contributed by atoms with E-state index in [0.29, 0.717) is 24.1 Å². The van der Waals surface area contributed by atoms with Crippen molar-refractivity contribution in [2.24, 2.45) is 18.7 Å². The molecule has 2 atom stereocenters. The number of aryl methyl sites for hydroxylation is 1. The van der Waals surface area contributed by atoms with Crippen LogP contribution in [0.3, 0.4) is 0 Å². The maximum atomic E-state index is 12.9. The lowest BCUT2D eigenvalue weighted by molar-refractivity contribution is 0.439. The second kappa shape index (κ2) is 5.60. The Balaban J connectivity index is 1.99. The third kappa shape index (κ3) is 2.51. The van der Waals surface area contributed by atoms with Crippen LogP contribution >= 0.6 is 0 Å². The van der Waals surface area contributed by atoms with Gasteiger partial charge in [0.15, 0.2) is 0 Å². The van der Waals surface area contributed by atoms with Crippen molar-refractivity contribution in [1.29, 1.82) is 0 Å². The van der Waals surface area contributed by atoms with Crippen LogP contribution in [-0.4, -0.2) is 46.8 Å². The topological polar surface area (TPSA) is 94.1 Å². The van der Waals surface area contributed by atoms with Crippen LogP contribution in [0.15, 0.2) is 23.1 Å². The number of nitrogens with two attached hydrogens (primary N) is 1. The third-order valence-electron chi connectivity index (χ3n) is 4.21. The molecule has 0 radical (unpaired) electrons. The number of sulfonamides is 1. The van der Waals surface area contributed by atoms with Gasteiger partial charge in [0.25, 0.3) is 0 Å². The molecule has 22 heavy (non-hydrogen) atoms. The van der Waals surface area contributed by atoms with Crippen LogP contribution in [0, 0.1) is 5.92 Å². The SMILES string of the molecule is CCCC1CN(S(=O)(=O)c2cccc3nn(C)nc23)CC1N. The predicted molar refractivity (Wildman–Crippen MR) is 83.6 cm³/mol. The lowest BCUT2D eigenvalue weighted by Crippen LogP contribution is -2.32. The third-order valence-corrected chi connectivity index (χ3v) is 6.07. The van der Waals surface area contributed by atoms with Crippen LogP contribution < -0.4 is 5.73 Å². The number of hydrogen-bond acceptors (Lipinski definition) is 5. The Kier molecular flexibility index (Phi) is 3.92. The first kappa shape index (κ1) is 15.4. The van der Waals surface area contributed by atoms with Gasteiger partial charge < -0.3 is 5.73 Å². The molecule has 1 aromatic carbocycles. The van der Waals surface area contributed by atoms with Crippen LogP contribution in [0.4, 0.5) is 0 Å². The van der Waals surface area contributed by atoms with Crippen LogP contribution in [0.2, 0.25) is 0 Å². The van der Waals surface area contributed by atoms with Crippen LogP contribution in [-0.2, 0) is 17.1 Å². The van der Waals surface area contributed by atoms with Gasteiger partial charge in [0.05, 0.1) is 0 Å². The summed E-state index contributed by atoms with van der Waals surface area (Å²) >= 11 is 0. The molecule has 0 bridgehead atoms. The molecule has 1 aliphatic rings. The molecular formula is C14H21N5O2S. The van der Waals surface area contributed by atoms with E-state index in [2.05, 4.69) is 17.1 Å². The van der Waals surface area contributed by atoms with E-state index in [1.54, 1.807) is 25.2 Å². The van der Waals surface area contributed by atoms with E-state index in [0.717, 1.165) is 12.8 Å². The summed E-state index contributed by atoms with van der Waals surface area (Å²) in [5.41, 5.74) is 7.10. The number of fused-ring (bicyclic) bond motifs is 1. The van der Waals surface area contributed by atoms with Gasteiger partial charge in [-0.05, 0) is 24.5 Å². The zero-order valence-electron chi connectivity index (χ0n) is 12.8. The lowest BCUT2D eigenvalue weighted by Gasteiger charge is -2.16. The first-order valence-electron chi connectivity index (χ1n) is 7.49. The monoisotopic (exact) mass is 323 g/mol. The fourth-order valence-corrected chi connectivity index (χ4v) is 4.76. The van der Waals surface area contributed by atoms with E-state index >= 15 is 0 Å². The molecule has 1 saturated heterocycles. The van der Waals surface area contributed by atoms with Crippen molar-refractivity contribution in [3.8, 4) is 0 Å². The first-order chi connectivity index (χ1) is 10.4. The highest BCUT2D eigenvalue weighted by Crippen LogP contribution is 2.29. The van der Waals surface area contributed by atoms with E-state index in [4.69, 9.17) is 5.73 Å². The van der Waals surface area contributed by atoms with E-state index in [9.17, 15) is 8.42 Å². The Labute approximate surface area is 130 Å². The van der Waals surface area contributed by atoms with Crippen molar-refractivity contribution in [3.63, 3.8) is 0 Å². The zero-order chi connectivity index (χ0) is 15.9. The summed E-state index contributed by atoms with van der Waals surface area (Å²) in [5, 5.41) is 8.36. The molecule has 1 fully saturated rings. The molecule has 0 amide bonds. The normalized spacial score (nSPS) is 23.4. The van der Waals surface area contributed by atoms with Crippen molar-refractivity contribution < 1.29 is 8.42 Å². The van der Waals surface area contributed by atoms with Gasteiger partial charge >= 0.3 is 0 Å². The van der Waals surface area contributed by atoms with Gasteiger partial charge in [-0.2, -0.15) is 19.3 Å². The molecule has 2 aromatic rings. The van der Waals surface area contributed by atoms with Crippen molar-refractivity contribution in [3.05, 3.63) is 18.2 Å². The molecule has 8 heteroatoms. The Hall–Kier alpha value is -1.51. The molecule has 120 valence electrons. The molecule has 1 aromatic heterocycles. The quantitative estimate of drug-likeness (QED) is 0.894. The number of aromatic nitrogens is 3. The van der Waals surface area contributed by atoms with Crippen molar-refractivity contribution in [2.45, 2.75) is 30.7 Å². The number of hydrogen-bond donors (Lipinski definition) is 1. The fourth-order valence-electron chi connectivity index (χ4n) is 3.09. The highest BCUT2D eigenvalue weighted by atomic mass is 32.2. The van der Waals surface area contributed by atoms with Crippen molar-refractivity contribution in [1.82, 2.24) is 19.3 Å². The molecule has 0 saturated carbocycles. The van der Waals surface area contributed by atoms with E-state index in [-0.39, 0.29) is 16.9 Å². The average Bonchev–Trinajstić information content (AvgIpc) is 3.01. The summed E-state index contributed by atoms with van der Waals surface area (Å²) in [5.74, 6) is 0.223. The molecule has 2 N–H and O–H groups in total. The van der Waals surface area contributed by atoms with Gasteiger partial charge in [0.2, 0.25) is 10.0 Å². The number of benzene rings is 1. The molecule has 3 rings (SSSR count). The maximum absolute atomic E-state index is 12.9. The Morgan fingerprint density at radius 1 is 1.32 bits per heavy atom. The molecule has 7 nitrogen and oxygen atoms in total. The highest BCUT2D eigenvalue weighted by molar-refractivity contribution is 7.89. The first-order valence-corrected chi connectivity index (χ1v) is 8.93. The van der Waals surface area contributed by atoms with Crippen molar-refractivity contribution in [2.75, 3.05) is 13.1 Å². The van der Waals surface area contributed by atoms with Gasteiger partial charge in [0, 0.05) is 26.2 Å². The average molecular weight is 323 g/mol. The van der Waals surface area contributed by atoms with Gasteiger partial charge in [-0.3, -0.25) is 0 Å². The summed E-state index contributed by atoms with van der Waals surface area (Å²) in [6.45, 7) is 2.93. The molecule has 2 unspecified atom stereocenters. The zero-order valence-corrected chi connectivity index (χ0v) is 13.6. The van der Waals surface area contributed by atoms with E-state index in [1.165, 1.54) is 9.10 Å². The fraction of sp³-hybridized carbons (Fsp3) is 0.571. The lowest BCUT2D eigenvalue weighted by atomic mass is 9.99. The van der Waals surface area contributed by atoms with Gasteiger partial charge in [-0.25, -0.2) is 8.42 Å². The summed E-state index contributed by atoms with van der Waals surface area (Å²) < 4.78 is 27.4. The number of nitrogens with zero attached hydrogens (tertiary/aromatic N) is 4. The van der Waals surface area contributed by atoms with Crippen LogP contribution in [0.5, 0.6) is 0 Å². The minimum absolute atomic E-state index is 0.101. The standard InChI is InChI=1S/C14H21N5O2S/c1-3-5-10-8-19(9-11(10)15)22(20,21)13-7-4-6-12-14(13)17-18(2)16-12/h4,6-7,10-11H,3,5,8-9,15H2,1-2H3. The van der Waals surface area contributed by atoms with Crippen LogP contribution in [0.25, 0.3) is 11.0 Å². The summed E-state index contributed by atoms with van der Waals surface area (Å²) in [4.78, 5) is 1.60. The minimum Gasteiger partial charge on any atom is -0.326 e. The second-order valence-electron chi connectivity index (χ2n) is 5.85. The summed E-state index contributed by atoms with van der Waals surface area (Å²) in [7, 11) is -1.92. The predicted octanol–water partition coefficient (Wildman–Crippen LogP) is 0.716. The molecule has 2 heterocycles. The Morgan fingerprint density at radius 2 is 2.09 bits per heavy atom. The molecule has 0 aliphatic carbocycles. The highest BCUT2D eigenvalue weighted by Gasteiger charge is 2.38. The molecule has 0 spiro atoms.